The van der Waals surface area contributed by atoms with E-state index >= 15 is 0 Å². The van der Waals surface area contributed by atoms with Gasteiger partial charge in [-0.15, -0.1) is 0 Å². The average molecular weight is 755 g/mol. The first-order valence-corrected chi connectivity index (χ1v) is 20.0. The summed E-state index contributed by atoms with van der Waals surface area (Å²) in [5, 5.41) is 3.66. The summed E-state index contributed by atoms with van der Waals surface area (Å²) in [4.78, 5) is 6.54. The second kappa shape index (κ2) is 14.5. The SMILES string of the molecule is c1ccc(-c2ccc(N(c3ccc(-c4ccncc4)cc3)c3ccc(-c4ccc5c(c4)c4ccc6ccn(-c7ccccc7)c6c4n5-c4ccccc4)cc3)cc2)cc1. The molecular weight excluding hydrogens is 717 g/mol. The van der Waals surface area contributed by atoms with Gasteiger partial charge in [0.1, 0.15) is 0 Å². The van der Waals surface area contributed by atoms with Crippen molar-refractivity contribution in [3.05, 3.63) is 231 Å². The van der Waals surface area contributed by atoms with Crippen molar-refractivity contribution in [2.24, 2.45) is 0 Å². The Labute approximate surface area is 343 Å². The van der Waals surface area contributed by atoms with Crippen molar-refractivity contribution in [1.29, 1.82) is 0 Å². The Morgan fingerprint density at radius 1 is 0.356 bits per heavy atom. The molecule has 278 valence electrons. The molecule has 0 radical (unpaired) electrons. The number of anilines is 3. The number of hydrogen-bond acceptors (Lipinski definition) is 2. The quantitative estimate of drug-likeness (QED) is 0.154. The standard InChI is InChI=1S/C55H38N4/c1-4-10-39(11-5-1)40-16-24-48(25-17-40)58(49-26-18-41(19-27-49)43-32-35-56-36-33-43)50-28-20-42(21-29-50)45-23-31-53-52(38-45)51-30-22-44-34-37-57(46-12-6-2-7-13-46)54(44)55(51)59(53)47-14-8-3-9-15-47/h1-38H. The molecule has 59 heavy (non-hydrogen) atoms. The second-order valence-corrected chi connectivity index (χ2v) is 14.9. The number of nitrogens with zero attached hydrogens (tertiary/aromatic N) is 4. The zero-order valence-corrected chi connectivity index (χ0v) is 32.2. The highest BCUT2D eigenvalue weighted by atomic mass is 15.1. The number of benzene rings is 8. The summed E-state index contributed by atoms with van der Waals surface area (Å²) in [7, 11) is 0. The number of para-hydroxylation sites is 2. The van der Waals surface area contributed by atoms with Crippen LogP contribution in [0, 0.1) is 0 Å². The van der Waals surface area contributed by atoms with Crippen LogP contribution in [-0.4, -0.2) is 14.1 Å². The van der Waals surface area contributed by atoms with Crippen LogP contribution in [0.1, 0.15) is 0 Å². The van der Waals surface area contributed by atoms with Crippen molar-refractivity contribution in [3.8, 4) is 44.8 Å². The minimum Gasteiger partial charge on any atom is -0.315 e. The van der Waals surface area contributed by atoms with Gasteiger partial charge < -0.3 is 14.0 Å². The highest BCUT2D eigenvalue weighted by molar-refractivity contribution is 6.18. The predicted molar refractivity (Wildman–Crippen MR) is 246 cm³/mol. The lowest BCUT2D eigenvalue weighted by molar-refractivity contribution is 1.12. The molecule has 3 heterocycles. The van der Waals surface area contributed by atoms with Crippen molar-refractivity contribution in [2.45, 2.75) is 0 Å². The first-order chi connectivity index (χ1) is 29.3. The van der Waals surface area contributed by atoms with Crippen LogP contribution in [0.25, 0.3) is 77.5 Å². The number of pyridine rings is 1. The second-order valence-electron chi connectivity index (χ2n) is 14.9. The van der Waals surface area contributed by atoms with E-state index in [0.717, 1.165) is 45.1 Å². The van der Waals surface area contributed by atoms with Crippen molar-refractivity contribution in [2.75, 3.05) is 4.90 Å². The molecule has 0 bridgehead atoms. The summed E-state index contributed by atoms with van der Waals surface area (Å²) in [5.41, 5.74) is 16.2. The van der Waals surface area contributed by atoms with Gasteiger partial charge in [0, 0.05) is 63.2 Å². The van der Waals surface area contributed by atoms with E-state index in [1.165, 1.54) is 49.4 Å². The van der Waals surface area contributed by atoms with Crippen LogP contribution in [0.2, 0.25) is 0 Å². The van der Waals surface area contributed by atoms with Gasteiger partial charge in [0.15, 0.2) is 0 Å². The molecule has 0 spiro atoms. The third-order valence-electron chi connectivity index (χ3n) is 11.5. The molecule has 0 aliphatic rings. The van der Waals surface area contributed by atoms with Crippen LogP contribution in [0.5, 0.6) is 0 Å². The van der Waals surface area contributed by atoms with E-state index in [-0.39, 0.29) is 0 Å². The highest BCUT2D eigenvalue weighted by Crippen LogP contribution is 2.41. The van der Waals surface area contributed by atoms with Gasteiger partial charge in [-0.1, -0.05) is 121 Å². The molecule has 0 saturated heterocycles. The summed E-state index contributed by atoms with van der Waals surface area (Å²) in [5.74, 6) is 0. The number of rotatable bonds is 8. The van der Waals surface area contributed by atoms with Gasteiger partial charge in [0.05, 0.1) is 16.6 Å². The first-order valence-electron chi connectivity index (χ1n) is 20.0. The molecule has 0 amide bonds. The maximum absolute atomic E-state index is 4.21. The largest absolute Gasteiger partial charge is 0.315 e. The third-order valence-corrected chi connectivity index (χ3v) is 11.5. The van der Waals surface area contributed by atoms with Gasteiger partial charge in [-0.05, 0) is 124 Å². The molecule has 0 fully saturated rings. The van der Waals surface area contributed by atoms with Crippen molar-refractivity contribution < 1.29 is 0 Å². The number of aromatic nitrogens is 3. The molecule has 0 aliphatic heterocycles. The molecule has 0 N–H and O–H groups in total. The number of fused-ring (bicyclic) bond motifs is 5. The molecule has 4 nitrogen and oxygen atoms in total. The average Bonchev–Trinajstić information content (AvgIpc) is 3.90. The molecule has 0 atom stereocenters. The van der Waals surface area contributed by atoms with Crippen LogP contribution in [0.3, 0.4) is 0 Å². The fourth-order valence-electron chi connectivity index (χ4n) is 8.58. The maximum Gasteiger partial charge on any atom is 0.0788 e. The summed E-state index contributed by atoms with van der Waals surface area (Å²) >= 11 is 0. The minimum atomic E-state index is 1.09. The predicted octanol–water partition coefficient (Wildman–Crippen LogP) is 14.6. The third kappa shape index (κ3) is 6.15. The fraction of sp³-hybridized carbons (Fsp3) is 0. The Balaban J connectivity index is 1.02. The van der Waals surface area contributed by atoms with Gasteiger partial charge >= 0.3 is 0 Å². The summed E-state index contributed by atoms with van der Waals surface area (Å²) in [6.45, 7) is 0. The minimum absolute atomic E-state index is 1.09. The zero-order chi connectivity index (χ0) is 39.1. The molecule has 11 aromatic rings. The molecule has 8 aromatic carbocycles. The lowest BCUT2D eigenvalue weighted by Gasteiger charge is -2.26. The normalized spacial score (nSPS) is 11.4. The van der Waals surface area contributed by atoms with E-state index < -0.39 is 0 Å². The fourth-order valence-corrected chi connectivity index (χ4v) is 8.58. The van der Waals surface area contributed by atoms with E-state index in [1.54, 1.807) is 0 Å². The monoisotopic (exact) mass is 754 g/mol. The van der Waals surface area contributed by atoms with Gasteiger partial charge in [-0.2, -0.15) is 0 Å². The van der Waals surface area contributed by atoms with Crippen molar-refractivity contribution in [1.82, 2.24) is 14.1 Å². The molecule has 0 unspecified atom stereocenters. The molecule has 0 aliphatic carbocycles. The van der Waals surface area contributed by atoms with Gasteiger partial charge in [-0.3, -0.25) is 4.98 Å². The van der Waals surface area contributed by atoms with Gasteiger partial charge in [0.25, 0.3) is 0 Å². The lowest BCUT2D eigenvalue weighted by atomic mass is 10.0. The van der Waals surface area contributed by atoms with Gasteiger partial charge in [0.2, 0.25) is 0 Å². The Morgan fingerprint density at radius 2 is 0.847 bits per heavy atom. The first kappa shape index (κ1) is 34.3. The lowest BCUT2D eigenvalue weighted by Crippen LogP contribution is -2.09. The topological polar surface area (TPSA) is 26.0 Å². The smallest absolute Gasteiger partial charge is 0.0788 e. The van der Waals surface area contributed by atoms with E-state index in [0.29, 0.717) is 0 Å². The Hall–Kier alpha value is -7.95. The van der Waals surface area contributed by atoms with E-state index in [2.05, 4.69) is 225 Å². The Bertz CT molecular complexity index is 3120. The van der Waals surface area contributed by atoms with E-state index in [4.69, 9.17) is 0 Å². The molecule has 11 rings (SSSR count). The molecular formula is C55H38N4. The van der Waals surface area contributed by atoms with Crippen LogP contribution in [-0.2, 0) is 0 Å². The van der Waals surface area contributed by atoms with Crippen molar-refractivity contribution >= 4 is 49.8 Å². The summed E-state index contributed by atoms with van der Waals surface area (Å²) in [6, 6.07) is 76.3. The summed E-state index contributed by atoms with van der Waals surface area (Å²) in [6.07, 6.45) is 5.87. The van der Waals surface area contributed by atoms with Crippen LogP contribution >= 0.6 is 0 Å². The van der Waals surface area contributed by atoms with Gasteiger partial charge in [-0.25, -0.2) is 0 Å². The Morgan fingerprint density at radius 3 is 1.44 bits per heavy atom. The maximum atomic E-state index is 4.21. The van der Waals surface area contributed by atoms with Crippen molar-refractivity contribution in [3.63, 3.8) is 0 Å². The molecule has 0 saturated carbocycles. The van der Waals surface area contributed by atoms with E-state index in [1.807, 2.05) is 24.5 Å². The zero-order valence-electron chi connectivity index (χ0n) is 32.2. The highest BCUT2D eigenvalue weighted by Gasteiger charge is 2.19. The Kier molecular flexibility index (Phi) is 8.45. The number of hydrogen-bond donors (Lipinski definition) is 0. The van der Waals surface area contributed by atoms with Crippen LogP contribution in [0.4, 0.5) is 17.1 Å². The van der Waals surface area contributed by atoms with Crippen LogP contribution in [0.15, 0.2) is 231 Å². The summed E-state index contributed by atoms with van der Waals surface area (Å²) < 4.78 is 4.75. The van der Waals surface area contributed by atoms with Crippen LogP contribution < -0.4 is 4.90 Å². The van der Waals surface area contributed by atoms with E-state index in [9.17, 15) is 0 Å². The molecule has 3 aromatic heterocycles. The molecule has 4 heteroatoms.